The van der Waals surface area contributed by atoms with Crippen LogP contribution < -0.4 is 0 Å². The molecule has 0 amide bonds. The van der Waals surface area contributed by atoms with Gasteiger partial charge < -0.3 is 0 Å². The van der Waals surface area contributed by atoms with Gasteiger partial charge in [-0.1, -0.05) is 20.8 Å². The van der Waals surface area contributed by atoms with E-state index in [9.17, 15) is 0 Å². The molecule has 2 aromatic rings. The van der Waals surface area contributed by atoms with Crippen LogP contribution in [0.4, 0.5) is 0 Å². The molecule has 0 spiro atoms. The number of thiophene rings is 1. The second-order valence-corrected chi connectivity index (χ2v) is 5.49. The maximum absolute atomic E-state index is 8.78. The van der Waals surface area contributed by atoms with Gasteiger partial charge in [-0.3, -0.25) is 4.98 Å². The average molecular weight is 216 g/mol. The van der Waals surface area contributed by atoms with Gasteiger partial charge in [-0.2, -0.15) is 5.26 Å². The Labute approximate surface area is 93.2 Å². The zero-order valence-electron chi connectivity index (χ0n) is 9.03. The number of rotatable bonds is 0. The van der Waals surface area contributed by atoms with Crippen molar-refractivity contribution in [3.8, 4) is 6.07 Å². The summed E-state index contributed by atoms with van der Waals surface area (Å²) in [7, 11) is 0. The molecule has 0 radical (unpaired) electrons. The first-order valence-electron chi connectivity index (χ1n) is 4.80. The summed E-state index contributed by atoms with van der Waals surface area (Å²) in [4.78, 5) is 4.37. The Kier molecular flexibility index (Phi) is 2.24. The van der Waals surface area contributed by atoms with Gasteiger partial charge in [-0.25, -0.2) is 0 Å². The Bertz CT molecular complexity index is 541. The van der Waals surface area contributed by atoms with E-state index >= 15 is 0 Å². The molecule has 0 aromatic carbocycles. The topological polar surface area (TPSA) is 36.7 Å². The predicted molar refractivity (Wildman–Crippen MR) is 63.0 cm³/mol. The number of aromatic nitrogens is 1. The molecule has 2 nitrogen and oxygen atoms in total. The summed E-state index contributed by atoms with van der Waals surface area (Å²) in [6.07, 6.45) is 1.64. The van der Waals surface area contributed by atoms with Crippen molar-refractivity contribution in [2.45, 2.75) is 26.2 Å². The molecule has 0 unspecified atom stereocenters. The third-order valence-corrected chi connectivity index (χ3v) is 3.27. The predicted octanol–water partition coefficient (Wildman–Crippen LogP) is 3.47. The van der Waals surface area contributed by atoms with E-state index in [4.69, 9.17) is 5.26 Å². The summed E-state index contributed by atoms with van der Waals surface area (Å²) in [5.41, 5.74) is 3.03. The Morgan fingerprint density at radius 3 is 2.73 bits per heavy atom. The highest BCUT2D eigenvalue weighted by Gasteiger charge is 2.19. The molecule has 0 bridgehead atoms. The van der Waals surface area contributed by atoms with E-state index < -0.39 is 0 Å². The monoisotopic (exact) mass is 216 g/mol. The second-order valence-electron chi connectivity index (χ2n) is 4.58. The fourth-order valence-electron chi connectivity index (χ4n) is 1.51. The van der Waals surface area contributed by atoms with Crippen LogP contribution >= 0.6 is 11.3 Å². The van der Waals surface area contributed by atoms with Gasteiger partial charge in [0.1, 0.15) is 6.07 Å². The maximum atomic E-state index is 8.78. The molecule has 0 saturated carbocycles. The molecule has 2 heterocycles. The molecule has 0 aliphatic carbocycles. The van der Waals surface area contributed by atoms with Crippen molar-refractivity contribution in [2.75, 3.05) is 0 Å². The van der Waals surface area contributed by atoms with Crippen LogP contribution in [-0.4, -0.2) is 4.98 Å². The summed E-state index contributed by atoms with van der Waals surface area (Å²) in [6, 6.07) is 4.02. The number of hydrogen-bond acceptors (Lipinski definition) is 3. The van der Waals surface area contributed by atoms with Gasteiger partial charge in [0.2, 0.25) is 0 Å². The largest absolute Gasteiger partial charge is 0.254 e. The molecule has 76 valence electrons. The average Bonchev–Trinajstić information content (AvgIpc) is 2.59. The van der Waals surface area contributed by atoms with Crippen molar-refractivity contribution in [3.63, 3.8) is 0 Å². The van der Waals surface area contributed by atoms with Gasteiger partial charge in [0.15, 0.2) is 0 Å². The zero-order valence-corrected chi connectivity index (χ0v) is 9.85. The van der Waals surface area contributed by atoms with Crippen molar-refractivity contribution >= 4 is 21.6 Å². The van der Waals surface area contributed by atoms with Crippen molar-refractivity contribution < 1.29 is 0 Å². The lowest BCUT2D eigenvalue weighted by molar-refractivity contribution is 0.596. The fourth-order valence-corrected chi connectivity index (χ4v) is 2.69. The second kappa shape index (κ2) is 3.32. The number of nitrogens with zero attached hydrogens (tertiary/aromatic N) is 2. The van der Waals surface area contributed by atoms with Crippen molar-refractivity contribution in [2.24, 2.45) is 0 Å². The highest BCUT2D eigenvalue weighted by atomic mass is 32.1. The van der Waals surface area contributed by atoms with E-state index in [-0.39, 0.29) is 5.41 Å². The molecule has 3 heteroatoms. The molecule has 0 N–H and O–H groups in total. The number of pyridine rings is 1. The van der Waals surface area contributed by atoms with Gasteiger partial charge >= 0.3 is 0 Å². The summed E-state index contributed by atoms with van der Waals surface area (Å²) >= 11 is 1.66. The van der Waals surface area contributed by atoms with Crippen LogP contribution in [0.25, 0.3) is 10.2 Å². The minimum atomic E-state index is 0.111. The van der Waals surface area contributed by atoms with Crippen LogP contribution in [0.2, 0.25) is 0 Å². The standard InChI is InChI=1S/C12H12N2S/c1-12(2,3)9-7-15-10-4-8(5-13)6-14-11(9)10/h4,6-7H,1-3H3. The molecular weight excluding hydrogens is 204 g/mol. The van der Waals surface area contributed by atoms with Gasteiger partial charge in [0.25, 0.3) is 0 Å². The zero-order chi connectivity index (χ0) is 11.1. The Hall–Kier alpha value is -1.40. The lowest BCUT2D eigenvalue weighted by Gasteiger charge is -2.16. The molecule has 0 aliphatic rings. The number of hydrogen-bond donors (Lipinski definition) is 0. The highest BCUT2D eigenvalue weighted by molar-refractivity contribution is 7.17. The van der Waals surface area contributed by atoms with Crippen LogP contribution in [-0.2, 0) is 5.41 Å². The summed E-state index contributed by atoms with van der Waals surface area (Å²) in [5.74, 6) is 0. The van der Waals surface area contributed by atoms with E-state index in [0.717, 1.165) is 10.2 Å². The molecule has 2 aromatic heterocycles. The summed E-state index contributed by atoms with van der Waals surface area (Å²) < 4.78 is 1.10. The van der Waals surface area contributed by atoms with Gasteiger partial charge in [0, 0.05) is 6.20 Å². The van der Waals surface area contributed by atoms with Crippen LogP contribution in [0.15, 0.2) is 17.6 Å². The summed E-state index contributed by atoms with van der Waals surface area (Å²) in [5, 5.41) is 10.9. The smallest absolute Gasteiger partial charge is 0.101 e. The molecule has 15 heavy (non-hydrogen) atoms. The van der Waals surface area contributed by atoms with Crippen LogP contribution in [0.1, 0.15) is 31.9 Å². The first kappa shape index (κ1) is 10.1. The van der Waals surface area contributed by atoms with Crippen molar-refractivity contribution in [3.05, 3.63) is 28.8 Å². The first-order chi connectivity index (χ1) is 7.02. The molecule has 0 saturated heterocycles. The SMILES string of the molecule is CC(C)(C)c1csc2cc(C#N)cnc12. The van der Waals surface area contributed by atoms with E-state index in [1.165, 1.54) is 5.56 Å². The summed E-state index contributed by atoms with van der Waals surface area (Å²) in [6.45, 7) is 6.52. The van der Waals surface area contributed by atoms with Gasteiger partial charge in [-0.15, -0.1) is 11.3 Å². The van der Waals surface area contributed by atoms with Crippen molar-refractivity contribution in [1.82, 2.24) is 4.98 Å². The molecule has 0 atom stereocenters. The van der Waals surface area contributed by atoms with Crippen LogP contribution in [0.5, 0.6) is 0 Å². The molecule has 0 aliphatic heterocycles. The van der Waals surface area contributed by atoms with E-state index in [1.54, 1.807) is 17.5 Å². The van der Waals surface area contributed by atoms with Crippen LogP contribution in [0, 0.1) is 11.3 Å². The minimum Gasteiger partial charge on any atom is -0.254 e. The quantitative estimate of drug-likeness (QED) is 0.676. The molecule has 0 fully saturated rings. The van der Waals surface area contributed by atoms with E-state index in [1.807, 2.05) is 6.07 Å². The minimum absolute atomic E-state index is 0.111. The van der Waals surface area contributed by atoms with Gasteiger partial charge in [-0.05, 0) is 22.4 Å². The fraction of sp³-hybridized carbons (Fsp3) is 0.333. The Morgan fingerprint density at radius 2 is 2.13 bits per heavy atom. The highest BCUT2D eigenvalue weighted by Crippen LogP contribution is 2.33. The number of nitriles is 1. The lowest BCUT2D eigenvalue weighted by Crippen LogP contribution is -2.10. The van der Waals surface area contributed by atoms with E-state index in [0.29, 0.717) is 5.56 Å². The third-order valence-electron chi connectivity index (χ3n) is 2.35. The first-order valence-corrected chi connectivity index (χ1v) is 5.68. The molecule has 2 rings (SSSR count). The lowest BCUT2D eigenvalue weighted by atomic mass is 9.88. The maximum Gasteiger partial charge on any atom is 0.101 e. The van der Waals surface area contributed by atoms with Crippen molar-refractivity contribution in [1.29, 1.82) is 5.26 Å². The van der Waals surface area contributed by atoms with E-state index in [2.05, 4.69) is 37.2 Å². The molecular formula is C12H12N2S. The normalized spacial score (nSPS) is 11.6. The van der Waals surface area contributed by atoms with Crippen LogP contribution in [0.3, 0.4) is 0 Å². The van der Waals surface area contributed by atoms with Gasteiger partial charge in [0.05, 0.1) is 15.8 Å². The Morgan fingerprint density at radius 1 is 1.40 bits per heavy atom. The Balaban J connectivity index is 2.69. The third kappa shape index (κ3) is 1.73. The number of fused-ring (bicyclic) bond motifs is 1.